The molecule has 2 saturated heterocycles. The largest absolute Gasteiger partial charge is 0.508 e. The fourth-order valence-electron chi connectivity index (χ4n) is 6.31. The molecule has 0 bridgehead atoms. The van der Waals surface area contributed by atoms with Crippen molar-refractivity contribution in [2.45, 2.75) is 44.6 Å². The number of aryl methyl sites for hydroxylation is 1. The quantitative estimate of drug-likeness (QED) is 0.362. The average molecular weight is 520 g/mol. The molecule has 4 heterocycles. The monoisotopic (exact) mass is 519 g/mol. The van der Waals surface area contributed by atoms with E-state index >= 15 is 4.39 Å². The molecule has 2 aliphatic heterocycles. The van der Waals surface area contributed by atoms with Crippen molar-refractivity contribution in [2.24, 2.45) is 0 Å². The predicted octanol–water partition coefficient (Wildman–Crippen LogP) is 5.46. The van der Waals surface area contributed by atoms with Crippen LogP contribution in [0.2, 0.25) is 0 Å². The molecule has 38 heavy (non-hydrogen) atoms. The Morgan fingerprint density at radius 1 is 1.11 bits per heavy atom. The number of fused-ring (bicyclic) bond motifs is 3. The van der Waals surface area contributed by atoms with Gasteiger partial charge in [0.15, 0.2) is 5.82 Å². The molecule has 0 amide bonds. The lowest BCUT2D eigenvalue weighted by Gasteiger charge is -2.31. The van der Waals surface area contributed by atoms with Crippen LogP contribution in [0.3, 0.4) is 0 Å². The van der Waals surface area contributed by atoms with E-state index in [0.29, 0.717) is 46.1 Å². The van der Waals surface area contributed by atoms with Gasteiger partial charge in [-0.1, -0.05) is 13.0 Å². The third kappa shape index (κ3) is 3.91. The first kappa shape index (κ1) is 24.7. The number of halogens is 2. The van der Waals surface area contributed by atoms with Crippen molar-refractivity contribution < 1.29 is 18.6 Å². The lowest BCUT2D eigenvalue weighted by Crippen LogP contribution is -2.43. The van der Waals surface area contributed by atoms with Gasteiger partial charge in [-0.15, -0.1) is 0 Å². The molecule has 0 radical (unpaired) electrons. The van der Waals surface area contributed by atoms with E-state index in [1.165, 1.54) is 18.3 Å². The van der Waals surface area contributed by atoms with Crippen LogP contribution in [-0.2, 0) is 6.42 Å². The second kappa shape index (κ2) is 9.31. The van der Waals surface area contributed by atoms with Gasteiger partial charge in [-0.3, -0.25) is 9.88 Å². The zero-order valence-corrected chi connectivity index (χ0v) is 21.9. The van der Waals surface area contributed by atoms with E-state index in [0.717, 1.165) is 38.8 Å². The Balaban J connectivity index is 1.50. The molecule has 2 aliphatic rings. The summed E-state index contributed by atoms with van der Waals surface area (Å²) in [6.45, 7) is 4.45. The maximum absolute atomic E-state index is 16.3. The maximum atomic E-state index is 16.3. The number of benzene rings is 2. The van der Waals surface area contributed by atoms with Crippen LogP contribution in [0, 0.1) is 11.6 Å². The third-order valence-corrected chi connectivity index (χ3v) is 8.11. The highest BCUT2D eigenvalue weighted by atomic mass is 19.1. The molecule has 2 aromatic heterocycles. The molecule has 0 spiro atoms. The number of ether oxygens (including phenoxy) is 1. The van der Waals surface area contributed by atoms with Crippen LogP contribution in [0.15, 0.2) is 30.5 Å². The third-order valence-electron chi connectivity index (χ3n) is 8.11. The maximum Gasteiger partial charge on any atom is 0.319 e. The first-order chi connectivity index (χ1) is 18.3. The summed E-state index contributed by atoms with van der Waals surface area (Å²) in [5.41, 5.74) is 0.817. The smallest absolute Gasteiger partial charge is 0.319 e. The highest BCUT2D eigenvalue weighted by Crippen LogP contribution is 2.40. The molecule has 2 fully saturated rings. The summed E-state index contributed by atoms with van der Waals surface area (Å²) in [4.78, 5) is 17.8. The van der Waals surface area contributed by atoms with Crippen molar-refractivity contribution in [3.05, 3.63) is 47.7 Å². The van der Waals surface area contributed by atoms with E-state index in [2.05, 4.69) is 19.9 Å². The van der Waals surface area contributed by atoms with Gasteiger partial charge < -0.3 is 14.7 Å². The van der Waals surface area contributed by atoms with Gasteiger partial charge >= 0.3 is 6.01 Å². The van der Waals surface area contributed by atoms with Crippen molar-refractivity contribution in [3.8, 4) is 23.0 Å². The number of aromatic nitrogens is 3. The van der Waals surface area contributed by atoms with Crippen molar-refractivity contribution in [2.75, 3.05) is 38.7 Å². The van der Waals surface area contributed by atoms with Crippen LogP contribution in [0.5, 0.6) is 11.8 Å². The normalized spacial score (nSPS) is 16.9. The van der Waals surface area contributed by atoms with E-state index in [-0.39, 0.29) is 34.3 Å². The van der Waals surface area contributed by atoms with Crippen LogP contribution in [0.1, 0.15) is 38.2 Å². The fourth-order valence-corrected chi connectivity index (χ4v) is 6.31. The Morgan fingerprint density at radius 3 is 2.58 bits per heavy atom. The standard InChI is InChI=1S/C29H31F2N5O2/c1-4-19-22(30)8-7-17-13-18(37)14-20(23(17)19)25-24(31)26-21(15-32-25)27(35(2)3)34-28(33-26)38-16-29-9-5-11-36(29)12-6-10-29/h7-8,13-15,37H,4-6,9-12,16H2,1-3H3. The number of phenols is 1. The van der Waals surface area contributed by atoms with Crippen LogP contribution >= 0.6 is 0 Å². The van der Waals surface area contributed by atoms with Crippen LogP contribution in [-0.4, -0.2) is 64.3 Å². The topological polar surface area (TPSA) is 74.6 Å². The summed E-state index contributed by atoms with van der Waals surface area (Å²) >= 11 is 0. The second-order valence-corrected chi connectivity index (χ2v) is 10.6. The molecule has 6 rings (SSSR count). The molecule has 1 N–H and O–H groups in total. The zero-order valence-electron chi connectivity index (χ0n) is 21.9. The summed E-state index contributed by atoms with van der Waals surface area (Å²) in [6, 6.07) is 6.04. The van der Waals surface area contributed by atoms with E-state index < -0.39 is 5.82 Å². The van der Waals surface area contributed by atoms with E-state index in [9.17, 15) is 9.50 Å². The first-order valence-corrected chi connectivity index (χ1v) is 13.2. The summed E-state index contributed by atoms with van der Waals surface area (Å²) < 4.78 is 37.2. The minimum absolute atomic E-state index is 0.000344. The van der Waals surface area contributed by atoms with Gasteiger partial charge in [0.1, 0.15) is 35.2 Å². The highest BCUT2D eigenvalue weighted by Gasteiger charge is 2.45. The summed E-state index contributed by atoms with van der Waals surface area (Å²) in [7, 11) is 3.65. The predicted molar refractivity (Wildman–Crippen MR) is 144 cm³/mol. The molecule has 0 atom stereocenters. The Kier molecular flexibility index (Phi) is 6.06. The van der Waals surface area contributed by atoms with Gasteiger partial charge in [-0.2, -0.15) is 9.97 Å². The molecule has 0 aliphatic carbocycles. The zero-order chi connectivity index (χ0) is 26.6. The summed E-state index contributed by atoms with van der Waals surface area (Å²) in [5.74, 6) is -0.609. The Labute approximate surface area is 220 Å². The minimum Gasteiger partial charge on any atom is -0.508 e. The molecular formula is C29H31F2N5O2. The van der Waals surface area contributed by atoms with E-state index in [1.54, 1.807) is 17.0 Å². The number of pyridine rings is 1. The lowest BCUT2D eigenvalue weighted by atomic mass is 9.94. The number of hydrogen-bond acceptors (Lipinski definition) is 7. The van der Waals surface area contributed by atoms with Crippen LogP contribution < -0.4 is 9.64 Å². The van der Waals surface area contributed by atoms with Crippen LogP contribution in [0.25, 0.3) is 32.9 Å². The van der Waals surface area contributed by atoms with Crippen molar-refractivity contribution in [1.82, 2.24) is 19.9 Å². The Hall–Kier alpha value is -3.59. The van der Waals surface area contributed by atoms with Gasteiger partial charge in [-0.05, 0) is 79.7 Å². The molecule has 0 unspecified atom stereocenters. The first-order valence-electron chi connectivity index (χ1n) is 13.2. The Bertz CT molecular complexity index is 1550. The van der Waals surface area contributed by atoms with E-state index in [4.69, 9.17) is 4.74 Å². The SMILES string of the molecule is CCc1c(F)ccc2cc(O)cc(-c3ncc4c(N(C)C)nc(OCC56CCCN5CCC6)nc4c3F)c12. The summed E-state index contributed by atoms with van der Waals surface area (Å²) in [6.07, 6.45) is 6.37. The molecule has 7 nitrogen and oxygen atoms in total. The highest BCUT2D eigenvalue weighted by molar-refractivity contribution is 6.01. The average Bonchev–Trinajstić information content (AvgIpc) is 3.48. The molecular weight excluding hydrogens is 488 g/mol. The van der Waals surface area contributed by atoms with E-state index in [1.807, 2.05) is 21.0 Å². The number of aromatic hydroxyl groups is 1. The minimum atomic E-state index is -0.669. The van der Waals surface area contributed by atoms with Gasteiger partial charge in [0.2, 0.25) is 0 Å². The fraction of sp³-hybridized carbons (Fsp3) is 0.414. The van der Waals surface area contributed by atoms with Crippen molar-refractivity contribution in [1.29, 1.82) is 0 Å². The molecule has 4 aromatic rings. The molecule has 198 valence electrons. The number of nitrogens with zero attached hydrogens (tertiary/aromatic N) is 5. The van der Waals surface area contributed by atoms with Gasteiger partial charge in [0.25, 0.3) is 0 Å². The molecule has 9 heteroatoms. The molecule has 2 aromatic carbocycles. The number of phenolic OH excluding ortho intramolecular Hbond substituents is 1. The van der Waals surface area contributed by atoms with Gasteiger partial charge in [0, 0.05) is 25.9 Å². The van der Waals surface area contributed by atoms with Gasteiger partial charge in [0.05, 0.1) is 10.9 Å². The Morgan fingerprint density at radius 2 is 1.87 bits per heavy atom. The number of rotatable bonds is 6. The lowest BCUT2D eigenvalue weighted by molar-refractivity contribution is 0.108. The number of hydrogen-bond donors (Lipinski definition) is 1. The van der Waals surface area contributed by atoms with Crippen LogP contribution in [0.4, 0.5) is 14.6 Å². The van der Waals surface area contributed by atoms with Gasteiger partial charge in [-0.25, -0.2) is 8.78 Å². The van der Waals surface area contributed by atoms with Crippen molar-refractivity contribution in [3.63, 3.8) is 0 Å². The van der Waals surface area contributed by atoms with Crippen molar-refractivity contribution >= 4 is 27.5 Å². The number of anilines is 1. The second-order valence-electron chi connectivity index (χ2n) is 10.6. The summed E-state index contributed by atoms with van der Waals surface area (Å²) in [5, 5.41) is 12.0. The molecule has 0 saturated carbocycles.